The van der Waals surface area contributed by atoms with E-state index in [1.54, 1.807) is 17.0 Å². The van der Waals surface area contributed by atoms with Gasteiger partial charge in [0, 0.05) is 22.5 Å². The first-order chi connectivity index (χ1) is 13.1. The smallest absolute Gasteiger partial charge is 0.229 e. The monoisotopic (exact) mass is 443 g/mol. The van der Waals surface area contributed by atoms with Crippen LogP contribution in [0.1, 0.15) is 17.9 Å². The highest BCUT2D eigenvalue weighted by atomic mass is 79.9. The van der Waals surface area contributed by atoms with Gasteiger partial charge in [-0.15, -0.1) is 0 Å². The number of amides is 1. The van der Waals surface area contributed by atoms with Crippen LogP contribution < -0.4 is 4.90 Å². The van der Waals surface area contributed by atoms with Crippen molar-refractivity contribution in [3.8, 4) is 6.07 Å². The fourth-order valence-corrected chi connectivity index (χ4v) is 4.97. The van der Waals surface area contributed by atoms with Crippen LogP contribution in [0.2, 0.25) is 0 Å². The minimum atomic E-state index is -0.290. The van der Waals surface area contributed by atoms with Crippen LogP contribution in [0.3, 0.4) is 0 Å². The Hall–Kier alpha value is -2.30. The Morgan fingerprint density at radius 2 is 2.00 bits per heavy atom. The number of hydrogen-bond acceptors (Lipinski definition) is 4. The maximum atomic E-state index is 13.2. The van der Waals surface area contributed by atoms with Crippen LogP contribution in [0.25, 0.3) is 0 Å². The first-order valence-corrected chi connectivity index (χ1v) is 10.2. The number of nitriles is 1. The number of anilines is 1. The van der Waals surface area contributed by atoms with E-state index in [9.17, 15) is 14.4 Å². The van der Waals surface area contributed by atoms with Crippen molar-refractivity contribution in [3.05, 3.63) is 75.0 Å². The first kappa shape index (κ1) is 18.1. The number of fused-ring (bicyclic) bond motifs is 1. The Bertz CT molecular complexity index is 970. The predicted molar refractivity (Wildman–Crippen MR) is 107 cm³/mol. The zero-order chi connectivity index (χ0) is 19.0. The lowest BCUT2D eigenvalue weighted by atomic mass is 9.86. The molecule has 2 aliphatic rings. The molecule has 0 spiro atoms. The Kier molecular flexibility index (Phi) is 4.94. The van der Waals surface area contributed by atoms with Crippen molar-refractivity contribution in [1.29, 1.82) is 5.26 Å². The number of hydrogen-bond donors (Lipinski definition) is 0. The highest BCUT2D eigenvalue weighted by Gasteiger charge is 2.38. The topological polar surface area (TPSA) is 47.3 Å². The van der Waals surface area contributed by atoms with Gasteiger partial charge < -0.3 is 4.90 Å². The van der Waals surface area contributed by atoms with E-state index in [0.717, 1.165) is 20.8 Å². The van der Waals surface area contributed by atoms with Gasteiger partial charge in [-0.05, 0) is 42.0 Å². The fraction of sp³-hybridized carbons (Fsp3) is 0.200. The first-order valence-electron chi connectivity index (χ1n) is 8.40. The van der Waals surface area contributed by atoms with Crippen LogP contribution in [0.15, 0.2) is 63.6 Å². The predicted octanol–water partition coefficient (Wildman–Crippen LogP) is 4.81. The summed E-state index contributed by atoms with van der Waals surface area (Å²) >= 11 is 4.94. The molecule has 4 rings (SSSR count). The number of halogens is 2. The second-order valence-corrected chi connectivity index (χ2v) is 8.24. The van der Waals surface area contributed by atoms with Crippen molar-refractivity contribution in [1.82, 2.24) is 4.90 Å². The summed E-state index contributed by atoms with van der Waals surface area (Å²) in [6.45, 7) is 0.364. The molecule has 1 fully saturated rings. The van der Waals surface area contributed by atoms with Crippen LogP contribution in [-0.2, 0) is 4.79 Å². The maximum Gasteiger partial charge on any atom is 0.229 e. The van der Waals surface area contributed by atoms with Gasteiger partial charge in [-0.3, -0.25) is 9.69 Å². The summed E-state index contributed by atoms with van der Waals surface area (Å²) in [6, 6.07) is 16.3. The number of carbonyl (C=O) groups is 1. The average Bonchev–Trinajstić information content (AvgIpc) is 2.68. The molecule has 1 atom stereocenters. The van der Waals surface area contributed by atoms with E-state index in [1.165, 1.54) is 23.9 Å². The van der Waals surface area contributed by atoms with Crippen molar-refractivity contribution < 1.29 is 9.18 Å². The summed E-state index contributed by atoms with van der Waals surface area (Å²) in [5.74, 6) is 0.0762. The number of nitrogens with zero attached hydrogens (tertiary/aromatic N) is 3. The lowest BCUT2D eigenvalue weighted by Crippen LogP contribution is -2.47. The lowest BCUT2D eigenvalue weighted by Gasteiger charge is -2.42. The Morgan fingerprint density at radius 1 is 1.22 bits per heavy atom. The van der Waals surface area contributed by atoms with E-state index in [4.69, 9.17) is 0 Å². The molecule has 0 radical (unpaired) electrons. The lowest BCUT2D eigenvalue weighted by molar-refractivity contribution is -0.129. The molecule has 1 unspecified atom stereocenters. The molecule has 0 N–H and O–H groups in total. The van der Waals surface area contributed by atoms with Gasteiger partial charge in [-0.2, -0.15) is 5.26 Å². The van der Waals surface area contributed by atoms with Crippen LogP contribution in [0.5, 0.6) is 0 Å². The Balaban J connectivity index is 1.66. The highest BCUT2D eigenvalue weighted by molar-refractivity contribution is 9.10. The van der Waals surface area contributed by atoms with Gasteiger partial charge in [0.15, 0.2) is 0 Å². The molecule has 1 amide bonds. The van der Waals surface area contributed by atoms with Crippen molar-refractivity contribution in [2.24, 2.45) is 0 Å². The second kappa shape index (κ2) is 7.37. The highest BCUT2D eigenvalue weighted by Crippen LogP contribution is 2.43. The number of carbonyl (C=O) groups excluding carboxylic acids is 1. The normalized spacial score (nSPS) is 19.7. The number of allylic oxidation sites excluding steroid dienone is 1. The van der Waals surface area contributed by atoms with E-state index < -0.39 is 0 Å². The third kappa shape index (κ3) is 3.47. The van der Waals surface area contributed by atoms with E-state index in [-0.39, 0.29) is 24.1 Å². The molecule has 0 bridgehead atoms. The zero-order valence-corrected chi connectivity index (χ0v) is 16.6. The van der Waals surface area contributed by atoms with Crippen LogP contribution in [-0.4, -0.2) is 23.4 Å². The molecule has 136 valence electrons. The van der Waals surface area contributed by atoms with Gasteiger partial charge in [0.25, 0.3) is 0 Å². The SMILES string of the molecule is N#CC1=C2SCN(c3ccc(F)cc3)CN2C(=O)CC1c1cccc(Br)c1. The zero-order valence-electron chi connectivity index (χ0n) is 14.2. The molecular weight excluding hydrogens is 429 g/mol. The standard InChI is InChI=1S/C20H15BrFN3OS/c21-14-3-1-2-13(8-14)17-9-19(26)25-11-24(12-27-20(25)18(17)10-23)16-6-4-15(22)5-7-16/h1-8,17H,9,11-12H2. The minimum Gasteiger partial charge on any atom is -0.344 e. The Morgan fingerprint density at radius 3 is 2.70 bits per heavy atom. The molecule has 7 heteroatoms. The molecule has 0 aromatic heterocycles. The van der Waals surface area contributed by atoms with Crippen LogP contribution in [0, 0.1) is 17.1 Å². The molecule has 2 heterocycles. The molecule has 2 aromatic carbocycles. The maximum absolute atomic E-state index is 13.2. The summed E-state index contributed by atoms with van der Waals surface area (Å²) < 4.78 is 14.1. The fourth-order valence-electron chi connectivity index (χ4n) is 3.39. The number of rotatable bonds is 2. The third-order valence-electron chi connectivity index (χ3n) is 4.74. The average molecular weight is 444 g/mol. The van der Waals surface area contributed by atoms with Crippen molar-refractivity contribution in [2.45, 2.75) is 12.3 Å². The van der Waals surface area contributed by atoms with Gasteiger partial charge >= 0.3 is 0 Å². The molecule has 27 heavy (non-hydrogen) atoms. The van der Waals surface area contributed by atoms with E-state index in [1.807, 2.05) is 29.2 Å². The number of benzene rings is 2. The van der Waals surface area contributed by atoms with Gasteiger partial charge in [0.05, 0.1) is 29.2 Å². The largest absolute Gasteiger partial charge is 0.344 e. The van der Waals surface area contributed by atoms with E-state index in [0.29, 0.717) is 18.1 Å². The summed E-state index contributed by atoms with van der Waals surface area (Å²) in [4.78, 5) is 16.5. The Labute approximate surface area is 169 Å². The van der Waals surface area contributed by atoms with Gasteiger partial charge in [-0.25, -0.2) is 4.39 Å². The number of thioether (sulfide) groups is 1. The summed E-state index contributed by atoms with van der Waals surface area (Å²) in [7, 11) is 0. The third-order valence-corrected chi connectivity index (χ3v) is 6.38. The molecule has 2 aliphatic heterocycles. The van der Waals surface area contributed by atoms with E-state index in [2.05, 4.69) is 22.0 Å². The van der Waals surface area contributed by atoms with Crippen molar-refractivity contribution in [3.63, 3.8) is 0 Å². The van der Waals surface area contributed by atoms with Gasteiger partial charge in [0.2, 0.25) is 5.91 Å². The van der Waals surface area contributed by atoms with Crippen LogP contribution in [0.4, 0.5) is 10.1 Å². The molecule has 2 aromatic rings. The van der Waals surface area contributed by atoms with Crippen molar-refractivity contribution >= 4 is 39.3 Å². The molecule has 1 saturated heterocycles. The molecule has 0 aliphatic carbocycles. The van der Waals surface area contributed by atoms with Crippen LogP contribution >= 0.6 is 27.7 Å². The van der Waals surface area contributed by atoms with Crippen molar-refractivity contribution in [2.75, 3.05) is 17.4 Å². The minimum absolute atomic E-state index is 0.00622. The quantitative estimate of drug-likeness (QED) is 0.667. The summed E-state index contributed by atoms with van der Waals surface area (Å²) in [6.07, 6.45) is 0.265. The molecule has 0 saturated carbocycles. The summed E-state index contributed by atoms with van der Waals surface area (Å²) in [5, 5.41) is 10.5. The second-order valence-electron chi connectivity index (χ2n) is 6.40. The van der Waals surface area contributed by atoms with E-state index >= 15 is 0 Å². The molecular formula is C20H15BrFN3OS. The van der Waals surface area contributed by atoms with Gasteiger partial charge in [-0.1, -0.05) is 39.8 Å². The summed E-state index contributed by atoms with van der Waals surface area (Å²) in [5.41, 5.74) is 2.45. The molecule has 4 nitrogen and oxygen atoms in total. The van der Waals surface area contributed by atoms with Gasteiger partial charge in [0.1, 0.15) is 5.82 Å².